The number of hydrogen-bond acceptors (Lipinski definition) is 9. The molecule has 1 aromatic heterocycles. The summed E-state index contributed by atoms with van der Waals surface area (Å²) in [6, 6.07) is 7.17. The van der Waals surface area contributed by atoms with Gasteiger partial charge in [0.1, 0.15) is 11.5 Å². The van der Waals surface area contributed by atoms with Crippen LogP contribution >= 0.6 is 0 Å². The van der Waals surface area contributed by atoms with E-state index >= 15 is 0 Å². The number of carbonyl (C=O) groups is 4. The summed E-state index contributed by atoms with van der Waals surface area (Å²) in [6.07, 6.45) is 1.49. The van der Waals surface area contributed by atoms with Gasteiger partial charge >= 0.3 is 12.0 Å². The molecule has 0 spiro atoms. The van der Waals surface area contributed by atoms with Crippen molar-refractivity contribution in [3.8, 4) is 11.5 Å². The van der Waals surface area contributed by atoms with Gasteiger partial charge in [-0.05, 0) is 35.9 Å². The van der Waals surface area contributed by atoms with E-state index in [-0.39, 0.29) is 36.3 Å². The van der Waals surface area contributed by atoms with Gasteiger partial charge in [-0.15, -0.1) is 0 Å². The zero-order chi connectivity index (χ0) is 25.7. The molecule has 2 aliphatic heterocycles. The number of methoxy groups -OCH3 is 2. The minimum atomic E-state index is -0.661. The summed E-state index contributed by atoms with van der Waals surface area (Å²) >= 11 is 0. The summed E-state index contributed by atoms with van der Waals surface area (Å²) in [5.74, 6) is -0.438. The molecule has 190 valence electrons. The van der Waals surface area contributed by atoms with Gasteiger partial charge in [0.15, 0.2) is 18.1 Å². The first-order valence-corrected chi connectivity index (χ1v) is 11.1. The van der Waals surface area contributed by atoms with Crippen LogP contribution in [0.25, 0.3) is 6.08 Å². The first kappa shape index (κ1) is 24.8. The highest BCUT2D eigenvalue weighted by atomic mass is 16.5. The molecule has 12 nitrogen and oxygen atoms in total. The van der Waals surface area contributed by atoms with Crippen LogP contribution in [0.3, 0.4) is 0 Å². The Morgan fingerprint density at radius 1 is 1.08 bits per heavy atom. The molecule has 0 saturated carbocycles. The van der Waals surface area contributed by atoms with E-state index in [1.165, 1.54) is 32.4 Å². The molecule has 2 fully saturated rings. The Morgan fingerprint density at radius 2 is 1.86 bits per heavy atom. The predicted octanol–water partition coefficient (Wildman–Crippen LogP) is 1.41. The average Bonchev–Trinajstić information content (AvgIpc) is 3.48. The van der Waals surface area contributed by atoms with Crippen LogP contribution in [0.2, 0.25) is 0 Å². The maximum Gasteiger partial charge on any atom is 0.373 e. The van der Waals surface area contributed by atoms with E-state index in [1.807, 2.05) is 0 Å². The Bertz CT molecular complexity index is 1200. The number of esters is 1. The van der Waals surface area contributed by atoms with Crippen LogP contribution in [0.4, 0.5) is 4.79 Å². The summed E-state index contributed by atoms with van der Waals surface area (Å²) in [6.45, 7) is 1.74. The van der Waals surface area contributed by atoms with E-state index in [4.69, 9.17) is 18.6 Å². The maximum atomic E-state index is 12.8. The summed E-state index contributed by atoms with van der Waals surface area (Å²) in [7, 11) is 2.68. The Labute approximate surface area is 206 Å². The number of ether oxygens (including phenoxy) is 4. The molecule has 0 radical (unpaired) electrons. The number of nitrogens with one attached hydrogen (secondary N) is 1. The highest BCUT2D eigenvalue weighted by Crippen LogP contribution is 2.29. The van der Waals surface area contributed by atoms with E-state index < -0.39 is 17.9 Å². The molecule has 4 amide bonds. The molecule has 0 unspecified atom stereocenters. The van der Waals surface area contributed by atoms with Crippen LogP contribution in [0.5, 0.6) is 11.5 Å². The van der Waals surface area contributed by atoms with E-state index in [0.29, 0.717) is 43.4 Å². The number of urea groups is 1. The highest BCUT2D eigenvalue weighted by Gasteiger charge is 2.34. The fourth-order valence-electron chi connectivity index (χ4n) is 3.65. The van der Waals surface area contributed by atoms with Crippen LogP contribution in [0.15, 0.2) is 40.4 Å². The summed E-state index contributed by atoms with van der Waals surface area (Å²) in [5.41, 5.74) is 0.619. The zero-order valence-corrected chi connectivity index (χ0v) is 19.8. The van der Waals surface area contributed by atoms with Crippen LogP contribution in [-0.4, -0.2) is 80.7 Å². The molecular weight excluding hydrogens is 474 g/mol. The third-order valence-corrected chi connectivity index (χ3v) is 5.54. The first-order chi connectivity index (χ1) is 17.4. The van der Waals surface area contributed by atoms with E-state index in [2.05, 4.69) is 10.1 Å². The monoisotopic (exact) mass is 499 g/mol. The minimum Gasteiger partial charge on any atom is -0.493 e. The summed E-state index contributed by atoms with van der Waals surface area (Å²) in [4.78, 5) is 51.7. The van der Waals surface area contributed by atoms with Crippen molar-refractivity contribution >= 4 is 29.9 Å². The number of carbonyl (C=O) groups excluding carboxylic acids is 4. The third kappa shape index (κ3) is 5.49. The number of rotatable bonds is 8. The standard InChI is InChI=1S/C24H25N3O9/c1-32-20-12-15(3-5-18(20)35-14-21(28)26-7-9-34-10-8-26)11-17-22(29)27(24(31)25-17)13-16-4-6-19(36-16)23(30)33-2/h3-6,11-12H,7-10,13-14H2,1-2H3,(H,25,31)/b17-11-. The lowest BCUT2D eigenvalue weighted by Gasteiger charge is -2.26. The summed E-state index contributed by atoms with van der Waals surface area (Å²) < 4.78 is 26.2. The second-order valence-electron chi connectivity index (χ2n) is 7.83. The molecule has 0 aliphatic carbocycles. The van der Waals surface area contributed by atoms with Crippen molar-refractivity contribution in [2.45, 2.75) is 6.54 Å². The molecule has 0 bridgehead atoms. The highest BCUT2D eigenvalue weighted by molar-refractivity contribution is 6.13. The lowest BCUT2D eigenvalue weighted by atomic mass is 10.1. The van der Waals surface area contributed by atoms with E-state index in [1.54, 1.807) is 23.1 Å². The molecule has 0 atom stereocenters. The van der Waals surface area contributed by atoms with Crippen LogP contribution in [0, 0.1) is 0 Å². The Morgan fingerprint density at radius 3 is 2.58 bits per heavy atom. The minimum absolute atomic E-state index is 0.0311. The molecular formula is C24H25N3O9. The second-order valence-corrected chi connectivity index (χ2v) is 7.83. The van der Waals surface area contributed by atoms with Gasteiger partial charge in [0.25, 0.3) is 11.8 Å². The first-order valence-electron chi connectivity index (χ1n) is 11.1. The van der Waals surface area contributed by atoms with E-state index in [9.17, 15) is 19.2 Å². The molecule has 1 aromatic carbocycles. The maximum absolute atomic E-state index is 12.8. The normalized spacial score (nSPS) is 16.8. The lowest BCUT2D eigenvalue weighted by Crippen LogP contribution is -2.43. The summed E-state index contributed by atoms with van der Waals surface area (Å²) in [5, 5.41) is 2.52. The molecule has 2 aromatic rings. The van der Waals surface area contributed by atoms with Crippen molar-refractivity contribution in [2.75, 3.05) is 47.1 Å². The van der Waals surface area contributed by atoms with Crippen molar-refractivity contribution in [2.24, 2.45) is 0 Å². The Kier molecular flexibility index (Phi) is 7.54. The molecule has 1 N–H and O–H groups in total. The van der Waals surface area contributed by atoms with Gasteiger partial charge in [-0.1, -0.05) is 6.07 Å². The van der Waals surface area contributed by atoms with Crippen LogP contribution in [0.1, 0.15) is 21.9 Å². The van der Waals surface area contributed by atoms with Crippen molar-refractivity contribution < 1.29 is 42.5 Å². The van der Waals surface area contributed by atoms with Gasteiger partial charge in [0.2, 0.25) is 5.76 Å². The third-order valence-electron chi connectivity index (χ3n) is 5.54. The fraction of sp³-hybridized carbons (Fsp3) is 0.333. The molecule has 2 saturated heterocycles. The van der Waals surface area contributed by atoms with Gasteiger partial charge in [-0.25, -0.2) is 9.59 Å². The number of nitrogens with zero attached hydrogens (tertiary/aromatic N) is 2. The average molecular weight is 499 g/mol. The van der Waals surface area contributed by atoms with Crippen molar-refractivity contribution in [1.29, 1.82) is 0 Å². The fourth-order valence-corrected chi connectivity index (χ4v) is 3.65. The SMILES string of the molecule is COC(=O)c1ccc(CN2C(=O)N/C(=C\c3ccc(OCC(=O)N4CCOCC4)c(OC)c3)C2=O)o1. The topological polar surface area (TPSA) is 137 Å². The zero-order valence-electron chi connectivity index (χ0n) is 19.8. The number of imide groups is 1. The van der Waals surface area contributed by atoms with Crippen LogP contribution < -0.4 is 14.8 Å². The smallest absolute Gasteiger partial charge is 0.373 e. The van der Waals surface area contributed by atoms with Crippen molar-refractivity contribution in [3.63, 3.8) is 0 Å². The van der Waals surface area contributed by atoms with Gasteiger partial charge < -0.3 is 33.6 Å². The van der Waals surface area contributed by atoms with Gasteiger partial charge in [0.05, 0.1) is 34.0 Å². The molecule has 36 heavy (non-hydrogen) atoms. The predicted molar refractivity (Wildman–Crippen MR) is 123 cm³/mol. The molecule has 2 aliphatic rings. The molecule has 3 heterocycles. The largest absolute Gasteiger partial charge is 0.493 e. The van der Waals surface area contributed by atoms with Crippen LogP contribution in [-0.2, 0) is 25.6 Å². The number of amides is 4. The molecule has 4 rings (SSSR count). The second kappa shape index (κ2) is 11.0. The van der Waals surface area contributed by atoms with Crippen molar-refractivity contribution in [3.05, 3.63) is 53.1 Å². The lowest BCUT2D eigenvalue weighted by molar-refractivity contribution is -0.137. The Hall–Kier alpha value is -4.32. The van der Waals surface area contributed by atoms with Gasteiger partial charge in [-0.3, -0.25) is 14.5 Å². The number of benzene rings is 1. The number of furan rings is 1. The quantitative estimate of drug-likeness (QED) is 0.325. The van der Waals surface area contributed by atoms with E-state index in [0.717, 1.165) is 4.90 Å². The van der Waals surface area contributed by atoms with Crippen molar-refractivity contribution in [1.82, 2.24) is 15.1 Å². The number of hydrogen-bond donors (Lipinski definition) is 1. The number of morpholine rings is 1. The van der Waals surface area contributed by atoms with Gasteiger partial charge in [-0.2, -0.15) is 0 Å². The molecule has 12 heteroatoms. The Balaban J connectivity index is 1.42. The van der Waals surface area contributed by atoms with Gasteiger partial charge in [0, 0.05) is 13.1 Å².